The lowest BCUT2D eigenvalue weighted by molar-refractivity contribution is 0.262. The van der Waals surface area contributed by atoms with E-state index >= 15 is 0 Å². The first-order valence-electron chi connectivity index (χ1n) is 6.99. The van der Waals surface area contributed by atoms with Crippen LogP contribution >= 0.6 is 0 Å². The highest BCUT2D eigenvalue weighted by Crippen LogP contribution is 2.23. The van der Waals surface area contributed by atoms with Crippen molar-refractivity contribution in [1.82, 2.24) is 9.97 Å². The van der Waals surface area contributed by atoms with Crippen LogP contribution in [0.3, 0.4) is 0 Å². The first-order valence-corrected chi connectivity index (χ1v) is 6.99. The van der Waals surface area contributed by atoms with Crippen LogP contribution < -0.4 is 10.6 Å². The van der Waals surface area contributed by atoms with Gasteiger partial charge in [0.2, 0.25) is 0 Å². The van der Waals surface area contributed by atoms with E-state index in [0.29, 0.717) is 5.82 Å². The van der Waals surface area contributed by atoms with Crippen LogP contribution in [-0.2, 0) is 0 Å². The number of aromatic nitrogens is 2. The lowest BCUT2D eigenvalue weighted by Gasteiger charge is -2.11. The summed E-state index contributed by atoms with van der Waals surface area (Å²) in [6.45, 7) is 3.80. The zero-order valence-corrected chi connectivity index (χ0v) is 12.4. The molecule has 22 heavy (non-hydrogen) atoms. The third-order valence-electron chi connectivity index (χ3n) is 3.33. The lowest BCUT2D eigenvalue weighted by Crippen LogP contribution is -2.21. The molecule has 0 aliphatic heterocycles. The number of benzene rings is 1. The highest BCUT2D eigenvalue weighted by molar-refractivity contribution is 6.05. The third-order valence-corrected chi connectivity index (χ3v) is 3.33. The molecule has 5 nitrogen and oxygen atoms in total. The zero-order valence-electron chi connectivity index (χ0n) is 12.4. The minimum atomic E-state index is -0.322. The molecule has 0 radical (unpaired) electrons. The number of rotatable bonds is 2. The molecular formula is C17H16N4O. The van der Waals surface area contributed by atoms with Crippen LogP contribution in [-0.4, -0.2) is 16.0 Å². The van der Waals surface area contributed by atoms with Crippen LogP contribution in [0.4, 0.5) is 16.3 Å². The van der Waals surface area contributed by atoms with E-state index in [4.69, 9.17) is 0 Å². The first-order chi connectivity index (χ1) is 10.6. The Balaban J connectivity index is 1.87. The van der Waals surface area contributed by atoms with E-state index in [-0.39, 0.29) is 6.03 Å². The molecule has 0 spiro atoms. The number of hydrogen-bond donors (Lipinski definition) is 2. The van der Waals surface area contributed by atoms with Gasteiger partial charge < -0.3 is 5.32 Å². The molecule has 5 heteroatoms. The van der Waals surface area contributed by atoms with Gasteiger partial charge in [-0.05, 0) is 37.6 Å². The van der Waals surface area contributed by atoms with Crippen LogP contribution in [0.25, 0.3) is 10.9 Å². The van der Waals surface area contributed by atoms with Gasteiger partial charge >= 0.3 is 6.03 Å². The van der Waals surface area contributed by atoms with Gasteiger partial charge in [-0.25, -0.2) is 9.78 Å². The monoisotopic (exact) mass is 292 g/mol. The van der Waals surface area contributed by atoms with Crippen LogP contribution in [0, 0.1) is 13.8 Å². The summed E-state index contributed by atoms with van der Waals surface area (Å²) in [5.41, 5.74) is 3.34. The molecule has 0 atom stereocenters. The summed E-state index contributed by atoms with van der Waals surface area (Å²) in [5, 5.41) is 6.54. The summed E-state index contributed by atoms with van der Waals surface area (Å²) in [5.74, 6) is 0.551. The maximum absolute atomic E-state index is 12.2. The Bertz CT molecular complexity index is 845. The maximum atomic E-state index is 12.2. The number of amides is 2. The minimum Gasteiger partial charge on any atom is -0.307 e. The highest BCUT2D eigenvalue weighted by atomic mass is 16.2. The van der Waals surface area contributed by atoms with Crippen LogP contribution in [0.5, 0.6) is 0 Å². The van der Waals surface area contributed by atoms with Crippen molar-refractivity contribution < 1.29 is 4.79 Å². The standard InChI is InChI=1S/C17H16N4O/c1-11-6-5-9-18-16(11)21-17(22)20-15-10-12(2)19-14-8-4-3-7-13(14)15/h3-10H,1-2H3,(H2,18,19,20,21,22). The summed E-state index contributed by atoms with van der Waals surface area (Å²) in [6.07, 6.45) is 1.65. The minimum absolute atomic E-state index is 0.322. The van der Waals surface area contributed by atoms with Gasteiger partial charge in [0, 0.05) is 17.3 Å². The van der Waals surface area contributed by atoms with Crippen molar-refractivity contribution in [1.29, 1.82) is 0 Å². The Labute approximate surface area is 128 Å². The molecule has 2 amide bonds. The van der Waals surface area contributed by atoms with Crippen molar-refractivity contribution in [2.75, 3.05) is 10.6 Å². The Morgan fingerprint density at radius 1 is 1.05 bits per heavy atom. The lowest BCUT2D eigenvalue weighted by atomic mass is 10.1. The van der Waals surface area contributed by atoms with E-state index in [1.165, 1.54) is 0 Å². The number of pyridine rings is 2. The smallest absolute Gasteiger partial charge is 0.307 e. The summed E-state index contributed by atoms with van der Waals surface area (Å²) in [6, 6.07) is 13.0. The van der Waals surface area contributed by atoms with Gasteiger partial charge in [-0.2, -0.15) is 0 Å². The molecule has 3 aromatic rings. The number of carbonyl (C=O) groups is 1. The second-order valence-corrected chi connectivity index (χ2v) is 5.08. The van der Waals surface area contributed by atoms with Crippen molar-refractivity contribution in [3.8, 4) is 0 Å². The van der Waals surface area contributed by atoms with E-state index in [2.05, 4.69) is 20.6 Å². The first kappa shape index (κ1) is 14.0. The number of fused-ring (bicyclic) bond motifs is 1. The zero-order chi connectivity index (χ0) is 15.5. The molecule has 0 unspecified atom stereocenters. The topological polar surface area (TPSA) is 66.9 Å². The number of aryl methyl sites for hydroxylation is 2. The fraction of sp³-hybridized carbons (Fsp3) is 0.118. The van der Waals surface area contributed by atoms with Gasteiger partial charge in [0.25, 0.3) is 0 Å². The van der Waals surface area contributed by atoms with Gasteiger partial charge in [0.15, 0.2) is 0 Å². The molecule has 0 saturated carbocycles. The predicted octanol–water partition coefficient (Wildman–Crippen LogP) is 3.89. The molecule has 0 bridgehead atoms. The number of para-hydroxylation sites is 1. The van der Waals surface area contributed by atoms with Crippen LogP contribution in [0.15, 0.2) is 48.7 Å². The average molecular weight is 292 g/mol. The number of nitrogens with one attached hydrogen (secondary N) is 2. The quantitative estimate of drug-likeness (QED) is 0.753. The molecule has 0 aliphatic carbocycles. The predicted molar refractivity (Wildman–Crippen MR) is 88.1 cm³/mol. The highest BCUT2D eigenvalue weighted by Gasteiger charge is 2.09. The molecule has 110 valence electrons. The fourth-order valence-corrected chi connectivity index (χ4v) is 2.29. The van der Waals surface area contributed by atoms with Crippen molar-refractivity contribution in [3.05, 3.63) is 59.9 Å². The van der Waals surface area contributed by atoms with Gasteiger partial charge in [-0.3, -0.25) is 10.3 Å². The molecule has 2 aromatic heterocycles. The van der Waals surface area contributed by atoms with Gasteiger partial charge in [0.05, 0.1) is 11.2 Å². The van der Waals surface area contributed by atoms with Crippen molar-refractivity contribution in [2.24, 2.45) is 0 Å². The van der Waals surface area contributed by atoms with Crippen molar-refractivity contribution in [3.63, 3.8) is 0 Å². The van der Waals surface area contributed by atoms with Crippen molar-refractivity contribution in [2.45, 2.75) is 13.8 Å². The SMILES string of the molecule is Cc1cc(NC(=O)Nc2ncccc2C)c2ccccc2n1. The molecule has 2 heterocycles. The second kappa shape index (κ2) is 5.81. The molecule has 1 aromatic carbocycles. The normalized spacial score (nSPS) is 10.5. The van der Waals surface area contributed by atoms with Gasteiger partial charge in [-0.1, -0.05) is 24.3 Å². The number of hydrogen-bond acceptors (Lipinski definition) is 3. The molecule has 0 saturated heterocycles. The summed E-state index contributed by atoms with van der Waals surface area (Å²) < 4.78 is 0. The summed E-state index contributed by atoms with van der Waals surface area (Å²) in [4.78, 5) is 20.8. The van der Waals surface area contributed by atoms with Crippen molar-refractivity contribution >= 4 is 28.4 Å². The number of nitrogens with zero attached hydrogens (tertiary/aromatic N) is 2. The molecule has 0 fully saturated rings. The average Bonchev–Trinajstić information content (AvgIpc) is 2.49. The summed E-state index contributed by atoms with van der Waals surface area (Å²) >= 11 is 0. The fourth-order valence-electron chi connectivity index (χ4n) is 2.29. The number of carbonyl (C=O) groups excluding carboxylic acids is 1. The molecule has 2 N–H and O–H groups in total. The Kier molecular flexibility index (Phi) is 3.70. The van der Waals surface area contributed by atoms with Crippen LogP contribution in [0.1, 0.15) is 11.3 Å². The Morgan fingerprint density at radius 2 is 1.86 bits per heavy atom. The summed E-state index contributed by atoms with van der Waals surface area (Å²) in [7, 11) is 0. The second-order valence-electron chi connectivity index (χ2n) is 5.08. The Hall–Kier alpha value is -2.95. The largest absolute Gasteiger partial charge is 0.324 e. The number of anilines is 2. The molecule has 3 rings (SSSR count). The Morgan fingerprint density at radius 3 is 2.68 bits per heavy atom. The van der Waals surface area contributed by atoms with E-state index < -0.39 is 0 Å². The van der Waals surface area contributed by atoms with Gasteiger partial charge in [-0.15, -0.1) is 0 Å². The maximum Gasteiger partial charge on any atom is 0.324 e. The van der Waals surface area contributed by atoms with E-state index in [1.54, 1.807) is 6.20 Å². The number of urea groups is 1. The van der Waals surface area contributed by atoms with Gasteiger partial charge in [0.1, 0.15) is 5.82 Å². The third kappa shape index (κ3) is 2.88. The van der Waals surface area contributed by atoms with Crippen LogP contribution in [0.2, 0.25) is 0 Å². The van der Waals surface area contributed by atoms with E-state index in [9.17, 15) is 4.79 Å². The van der Waals surface area contributed by atoms with E-state index in [1.807, 2.05) is 56.3 Å². The molecule has 0 aliphatic rings. The van der Waals surface area contributed by atoms with E-state index in [0.717, 1.165) is 27.8 Å². The molecular weight excluding hydrogens is 276 g/mol.